The molecule has 0 radical (unpaired) electrons. The van der Waals surface area contributed by atoms with Gasteiger partial charge >= 0.3 is 12.1 Å². The number of carbonyl (C=O) groups is 3. The second-order valence-corrected chi connectivity index (χ2v) is 7.55. The van der Waals surface area contributed by atoms with Crippen molar-refractivity contribution in [3.8, 4) is 5.69 Å². The van der Waals surface area contributed by atoms with Gasteiger partial charge in [0.2, 0.25) is 0 Å². The lowest BCUT2D eigenvalue weighted by Crippen LogP contribution is -2.34. The van der Waals surface area contributed by atoms with Gasteiger partial charge in [-0.25, -0.2) is 0 Å². The molecule has 0 saturated carbocycles. The Kier molecular flexibility index (Phi) is 5.80. The zero-order chi connectivity index (χ0) is 22.2. The summed E-state index contributed by atoms with van der Waals surface area (Å²) in [5.74, 6) is -1.35. The van der Waals surface area contributed by atoms with E-state index >= 15 is 0 Å². The van der Waals surface area contributed by atoms with Crippen LogP contribution in [0.2, 0.25) is 0 Å². The zero-order valence-electron chi connectivity index (χ0n) is 16.2. The smallest absolute Gasteiger partial charge is 0.416 e. The first kappa shape index (κ1) is 21.7. The van der Waals surface area contributed by atoms with E-state index in [2.05, 4.69) is 4.74 Å². The Morgan fingerprint density at radius 1 is 1.20 bits per heavy atom. The molecule has 0 N–H and O–H groups in total. The fraction of sp³-hybridized carbons (Fsp3) is 0.250. The van der Waals surface area contributed by atoms with Gasteiger partial charge in [-0.2, -0.15) is 13.2 Å². The number of carbonyl (C=O) groups excluding carboxylic acids is 3. The van der Waals surface area contributed by atoms with E-state index in [9.17, 15) is 27.6 Å². The summed E-state index contributed by atoms with van der Waals surface area (Å²) in [6.07, 6.45) is -2.97. The molecule has 0 aliphatic carbocycles. The minimum absolute atomic E-state index is 0.119. The van der Waals surface area contributed by atoms with Gasteiger partial charge in [-0.05, 0) is 61.5 Å². The number of hydrogen-bond donors (Lipinski definition) is 0. The van der Waals surface area contributed by atoms with E-state index in [1.54, 1.807) is 30.5 Å². The lowest BCUT2D eigenvalue weighted by molar-refractivity contribution is -0.143. The number of aromatic nitrogens is 1. The minimum Gasteiger partial charge on any atom is -0.468 e. The highest BCUT2D eigenvalue weighted by molar-refractivity contribution is 8.18. The normalized spacial score (nSPS) is 15.9. The molecule has 30 heavy (non-hydrogen) atoms. The summed E-state index contributed by atoms with van der Waals surface area (Å²) in [5, 5.41) is -0.594. The first-order chi connectivity index (χ1) is 14.0. The third kappa shape index (κ3) is 4.13. The standard InChI is InChI=1S/C20H17F3N2O4S/c1-11-7-13(8-16-18(27)24(19(28)30-16)10-17(26)29-3)12(2)25(11)15-6-4-5-14(9-15)20(21,22)23/h4-9H,10H2,1-3H3/b16-8-. The molecule has 0 atom stereocenters. The maximum atomic E-state index is 13.1. The third-order valence-electron chi connectivity index (χ3n) is 4.58. The van der Waals surface area contributed by atoms with Crippen molar-refractivity contribution in [2.24, 2.45) is 0 Å². The predicted octanol–water partition coefficient (Wildman–Crippen LogP) is 4.32. The van der Waals surface area contributed by atoms with Crippen LogP contribution in [0.1, 0.15) is 22.5 Å². The van der Waals surface area contributed by atoms with Crippen molar-refractivity contribution < 1.29 is 32.3 Å². The van der Waals surface area contributed by atoms with E-state index in [0.29, 0.717) is 34.4 Å². The number of ether oxygens (including phenoxy) is 1. The second kappa shape index (κ2) is 8.02. The highest BCUT2D eigenvalue weighted by atomic mass is 32.2. The fourth-order valence-electron chi connectivity index (χ4n) is 3.12. The summed E-state index contributed by atoms with van der Waals surface area (Å²) in [5.41, 5.74) is 1.41. The number of hydrogen-bond acceptors (Lipinski definition) is 5. The van der Waals surface area contributed by atoms with Gasteiger partial charge in [0, 0.05) is 17.1 Å². The van der Waals surface area contributed by atoms with Gasteiger partial charge in [-0.1, -0.05) is 6.07 Å². The lowest BCUT2D eigenvalue weighted by atomic mass is 10.2. The molecule has 10 heteroatoms. The number of imide groups is 1. The summed E-state index contributed by atoms with van der Waals surface area (Å²) < 4.78 is 45.3. The molecule has 1 aromatic heterocycles. The maximum absolute atomic E-state index is 13.1. The number of aryl methyl sites for hydroxylation is 1. The molecule has 158 valence electrons. The van der Waals surface area contributed by atoms with Gasteiger partial charge in [0.1, 0.15) is 6.54 Å². The Morgan fingerprint density at radius 2 is 1.90 bits per heavy atom. The van der Waals surface area contributed by atoms with Crippen LogP contribution >= 0.6 is 11.8 Å². The van der Waals surface area contributed by atoms with Gasteiger partial charge < -0.3 is 9.30 Å². The maximum Gasteiger partial charge on any atom is 0.416 e. The van der Waals surface area contributed by atoms with Crippen LogP contribution in [-0.4, -0.2) is 40.2 Å². The zero-order valence-corrected chi connectivity index (χ0v) is 17.1. The molecule has 0 unspecified atom stereocenters. The predicted molar refractivity (Wildman–Crippen MR) is 105 cm³/mol. The van der Waals surface area contributed by atoms with Crippen LogP contribution in [0, 0.1) is 13.8 Å². The van der Waals surface area contributed by atoms with Crippen LogP contribution in [0.4, 0.5) is 18.0 Å². The summed E-state index contributed by atoms with van der Waals surface area (Å²) in [6, 6.07) is 6.64. The van der Waals surface area contributed by atoms with Crippen LogP contribution in [0.25, 0.3) is 11.8 Å². The van der Waals surface area contributed by atoms with Crippen molar-refractivity contribution in [2.75, 3.05) is 13.7 Å². The molecule has 2 heterocycles. The molecular weight excluding hydrogens is 421 g/mol. The Labute approximate surface area is 174 Å². The number of alkyl halides is 3. The molecule has 1 aliphatic heterocycles. The molecule has 1 aromatic carbocycles. The first-order valence-corrected chi connectivity index (χ1v) is 9.53. The quantitative estimate of drug-likeness (QED) is 0.525. The van der Waals surface area contributed by atoms with E-state index in [1.807, 2.05) is 0 Å². The summed E-state index contributed by atoms with van der Waals surface area (Å²) >= 11 is 0.687. The van der Waals surface area contributed by atoms with Gasteiger partial charge in [-0.15, -0.1) is 0 Å². The average Bonchev–Trinajstić information content (AvgIpc) is 3.10. The van der Waals surface area contributed by atoms with E-state index in [1.165, 1.54) is 12.1 Å². The monoisotopic (exact) mass is 438 g/mol. The van der Waals surface area contributed by atoms with Crippen LogP contribution in [0.15, 0.2) is 35.2 Å². The van der Waals surface area contributed by atoms with Crippen molar-refractivity contribution in [1.29, 1.82) is 0 Å². The highest BCUT2D eigenvalue weighted by Gasteiger charge is 2.37. The van der Waals surface area contributed by atoms with Gasteiger partial charge in [0.25, 0.3) is 11.1 Å². The lowest BCUT2D eigenvalue weighted by Gasteiger charge is -2.13. The van der Waals surface area contributed by atoms with Gasteiger partial charge in [0.15, 0.2) is 0 Å². The Hall–Kier alpha value is -3.01. The summed E-state index contributed by atoms with van der Waals surface area (Å²) in [6.45, 7) is 2.95. The first-order valence-electron chi connectivity index (χ1n) is 8.71. The largest absolute Gasteiger partial charge is 0.468 e. The molecule has 0 bridgehead atoms. The molecular formula is C20H17F3N2O4S. The number of nitrogens with zero attached hydrogens (tertiary/aromatic N) is 2. The second-order valence-electron chi connectivity index (χ2n) is 6.55. The number of methoxy groups -OCH3 is 1. The summed E-state index contributed by atoms with van der Waals surface area (Å²) in [4.78, 5) is 36.8. The molecule has 1 saturated heterocycles. The van der Waals surface area contributed by atoms with E-state index in [-0.39, 0.29) is 4.91 Å². The van der Waals surface area contributed by atoms with Crippen LogP contribution in [-0.2, 0) is 20.5 Å². The minimum atomic E-state index is -4.47. The number of rotatable bonds is 4. The average molecular weight is 438 g/mol. The topological polar surface area (TPSA) is 68.6 Å². The molecule has 2 amide bonds. The van der Waals surface area contributed by atoms with Crippen molar-refractivity contribution in [1.82, 2.24) is 9.47 Å². The van der Waals surface area contributed by atoms with Crippen LogP contribution in [0.5, 0.6) is 0 Å². The molecule has 0 spiro atoms. The number of halogens is 3. The third-order valence-corrected chi connectivity index (χ3v) is 5.48. The van der Waals surface area contributed by atoms with Crippen molar-refractivity contribution in [3.63, 3.8) is 0 Å². The molecule has 2 aromatic rings. The summed E-state index contributed by atoms with van der Waals surface area (Å²) in [7, 11) is 1.15. The van der Waals surface area contributed by atoms with Crippen molar-refractivity contribution in [3.05, 3.63) is 57.8 Å². The van der Waals surface area contributed by atoms with E-state index < -0.39 is 35.4 Å². The fourth-order valence-corrected chi connectivity index (χ4v) is 3.95. The highest BCUT2D eigenvalue weighted by Crippen LogP contribution is 2.35. The van der Waals surface area contributed by atoms with Crippen molar-refractivity contribution in [2.45, 2.75) is 20.0 Å². The Bertz CT molecular complexity index is 1070. The van der Waals surface area contributed by atoms with Gasteiger partial charge in [0.05, 0.1) is 17.6 Å². The molecule has 6 nitrogen and oxygen atoms in total. The van der Waals surface area contributed by atoms with Crippen LogP contribution in [0.3, 0.4) is 0 Å². The SMILES string of the molecule is COC(=O)CN1C(=O)S/C(=C\c2cc(C)n(-c3cccc(C(F)(F)F)c3)c2C)C1=O. The number of amides is 2. The van der Waals surface area contributed by atoms with Crippen LogP contribution < -0.4 is 0 Å². The van der Waals surface area contributed by atoms with E-state index in [4.69, 9.17) is 0 Å². The Morgan fingerprint density at radius 3 is 2.53 bits per heavy atom. The number of thioether (sulfide) groups is 1. The molecule has 1 aliphatic rings. The van der Waals surface area contributed by atoms with Gasteiger partial charge in [-0.3, -0.25) is 19.3 Å². The number of esters is 1. The Balaban J connectivity index is 1.96. The number of benzene rings is 1. The van der Waals surface area contributed by atoms with Crippen molar-refractivity contribution >= 4 is 35.0 Å². The van der Waals surface area contributed by atoms with E-state index in [0.717, 1.165) is 24.1 Å². The molecule has 3 rings (SSSR count). The molecule has 1 fully saturated rings.